The third-order valence-electron chi connectivity index (χ3n) is 3.21. The Bertz CT molecular complexity index is 587. The van der Waals surface area contributed by atoms with E-state index in [0.717, 1.165) is 5.75 Å². The van der Waals surface area contributed by atoms with Crippen LogP contribution in [-0.4, -0.2) is 40.0 Å². The molecule has 0 bridgehead atoms. The Labute approximate surface area is 148 Å². The van der Waals surface area contributed by atoms with E-state index in [9.17, 15) is 18.0 Å². The predicted octanol–water partition coefficient (Wildman–Crippen LogP) is 4.69. The minimum atomic E-state index is -4.72. The molecule has 0 spiro atoms. The zero-order chi connectivity index (χ0) is 18.0. The van der Waals surface area contributed by atoms with Gasteiger partial charge in [-0.3, -0.25) is 4.79 Å². The summed E-state index contributed by atoms with van der Waals surface area (Å²) in [5.41, 5.74) is 0.647. The molecule has 1 fully saturated rings. The van der Waals surface area contributed by atoms with Crippen LogP contribution in [0.3, 0.4) is 0 Å². The fourth-order valence-corrected chi connectivity index (χ4v) is 4.40. The van der Waals surface area contributed by atoms with Gasteiger partial charge in [0.15, 0.2) is 0 Å². The van der Waals surface area contributed by atoms with Crippen molar-refractivity contribution in [2.45, 2.75) is 37.3 Å². The van der Waals surface area contributed by atoms with Crippen molar-refractivity contribution in [3.05, 3.63) is 29.8 Å². The van der Waals surface area contributed by atoms with Crippen LogP contribution >= 0.6 is 23.5 Å². The number of hydrogen-bond donors (Lipinski definition) is 0. The Morgan fingerprint density at radius 1 is 1.33 bits per heavy atom. The van der Waals surface area contributed by atoms with Gasteiger partial charge in [-0.2, -0.15) is 11.8 Å². The van der Waals surface area contributed by atoms with Gasteiger partial charge >= 0.3 is 6.36 Å². The zero-order valence-corrected chi connectivity index (χ0v) is 15.4. The molecule has 0 saturated carbocycles. The summed E-state index contributed by atoms with van der Waals surface area (Å²) in [5.74, 6) is 0.880. The number of benzene rings is 1. The summed E-state index contributed by atoms with van der Waals surface area (Å²) in [5, 5.41) is -0.269. The maximum atomic E-state index is 12.4. The number of alkyl halides is 3. The van der Waals surface area contributed by atoms with Crippen molar-refractivity contribution in [3.8, 4) is 5.75 Å². The number of amides is 1. The van der Waals surface area contributed by atoms with Gasteiger partial charge in [-0.05, 0) is 17.7 Å². The van der Waals surface area contributed by atoms with Crippen molar-refractivity contribution >= 4 is 29.4 Å². The minimum Gasteiger partial charge on any atom is -0.406 e. The van der Waals surface area contributed by atoms with Crippen LogP contribution in [0.2, 0.25) is 0 Å². The predicted molar refractivity (Wildman–Crippen MR) is 92.2 cm³/mol. The van der Waals surface area contributed by atoms with Crippen LogP contribution in [0.4, 0.5) is 13.2 Å². The van der Waals surface area contributed by atoms with Crippen molar-refractivity contribution in [3.63, 3.8) is 0 Å². The zero-order valence-electron chi connectivity index (χ0n) is 13.7. The molecule has 1 aliphatic heterocycles. The van der Waals surface area contributed by atoms with Crippen molar-refractivity contribution in [2.24, 2.45) is 0 Å². The van der Waals surface area contributed by atoms with Gasteiger partial charge in [0.2, 0.25) is 5.91 Å². The van der Waals surface area contributed by atoms with Crippen LogP contribution in [0.5, 0.6) is 5.75 Å². The number of halogens is 3. The number of nitrogens with zero attached hydrogens (tertiary/aromatic N) is 1. The van der Waals surface area contributed by atoms with E-state index in [-0.39, 0.29) is 21.8 Å². The van der Waals surface area contributed by atoms with Crippen LogP contribution < -0.4 is 4.74 Å². The third-order valence-corrected chi connectivity index (χ3v) is 5.72. The first-order valence-electron chi connectivity index (χ1n) is 7.46. The molecular formula is C16H20F3NO2S2. The maximum absolute atomic E-state index is 12.4. The number of ether oxygens (including phenoxy) is 1. The highest BCUT2D eigenvalue weighted by molar-refractivity contribution is 8.01. The van der Waals surface area contributed by atoms with Crippen molar-refractivity contribution in [1.29, 1.82) is 0 Å². The number of thioether (sulfide) groups is 2. The summed E-state index contributed by atoms with van der Waals surface area (Å²) in [7, 11) is 0. The number of rotatable bonds is 5. The van der Waals surface area contributed by atoms with E-state index in [1.54, 1.807) is 22.7 Å². The highest BCUT2D eigenvalue weighted by Crippen LogP contribution is 2.40. The molecule has 1 atom stereocenters. The van der Waals surface area contributed by atoms with Crippen molar-refractivity contribution in [2.75, 3.05) is 18.1 Å². The molecule has 0 N–H and O–H groups in total. The van der Waals surface area contributed by atoms with Gasteiger partial charge in [0.25, 0.3) is 0 Å². The van der Waals surface area contributed by atoms with Crippen LogP contribution in [-0.2, 0) is 4.79 Å². The van der Waals surface area contributed by atoms with Gasteiger partial charge in [0.05, 0.1) is 5.75 Å². The Morgan fingerprint density at radius 3 is 2.67 bits per heavy atom. The lowest BCUT2D eigenvalue weighted by atomic mass is 10.2. The molecule has 8 heteroatoms. The van der Waals surface area contributed by atoms with Crippen molar-refractivity contribution < 1.29 is 22.7 Å². The summed E-state index contributed by atoms with van der Waals surface area (Å²) in [4.78, 5) is 13.8. The monoisotopic (exact) mass is 379 g/mol. The lowest BCUT2D eigenvalue weighted by Gasteiger charge is -2.26. The van der Waals surface area contributed by atoms with Gasteiger partial charge in [-0.1, -0.05) is 32.9 Å². The maximum Gasteiger partial charge on any atom is 0.573 e. The first-order chi connectivity index (χ1) is 11.1. The lowest BCUT2D eigenvalue weighted by molar-refractivity contribution is -0.274. The quantitative estimate of drug-likeness (QED) is 0.742. The Kier molecular flexibility index (Phi) is 6.01. The minimum absolute atomic E-state index is 0.0154. The molecule has 1 saturated heterocycles. The SMILES string of the molecule is CC(C)(C)SCCN1C(=O)CSC1c1cccc(OC(F)(F)F)c1. The van der Waals surface area contributed by atoms with Gasteiger partial charge in [0.1, 0.15) is 11.1 Å². The molecule has 1 heterocycles. The molecule has 3 nitrogen and oxygen atoms in total. The second-order valence-electron chi connectivity index (χ2n) is 6.33. The Morgan fingerprint density at radius 2 is 2.04 bits per heavy atom. The number of carbonyl (C=O) groups is 1. The molecular weight excluding hydrogens is 359 g/mol. The third kappa shape index (κ3) is 5.81. The van der Waals surface area contributed by atoms with Gasteiger partial charge in [-0.15, -0.1) is 24.9 Å². The first-order valence-corrected chi connectivity index (χ1v) is 9.49. The summed E-state index contributed by atoms with van der Waals surface area (Å²) < 4.78 is 41.2. The Hall–Kier alpha value is -1.02. The molecule has 134 valence electrons. The summed E-state index contributed by atoms with van der Waals surface area (Å²) >= 11 is 3.18. The molecule has 1 aromatic rings. The average Bonchev–Trinajstić information content (AvgIpc) is 2.77. The smallest absolute Gasteiger partial charge is 0.406 e. The largest absolute Gasteiger partial charge is 0.573 e. The van der Waals surface area contributed by atoms with E-state index in [0.29, 0.717) is 17.9 Å². The van der Waals surface area contributed by atoms with E-state index in [1.807, 2.05) is 0 Å². The summed E-state index contributed by atoms with van der Waals surface area (Å²) in [6.45, 7) is 6.89. The molecule has 0 aliphatic carbocycles. The van der Waals surface area contributed by atoms with E-state index in [1.165, 1.54) is 30.0 Å². The lowest BCUT2D eigenvalue weighted by Crippen LogP contribution is -2.31. The second kappa shape index (κ2) is 7.47. The molecule has 0 radical (unpaired) electrons. The van der Waals surface area contributed by atoms with E-state index >= 15 is 0 Å². The fourth-order valence-electron chi connectivity index (χ4n) is 2.29. The molecule has 0 aromatic heterocycles. The average molecular weight is 379 g/mol. The molecule has 1 unspecified atom stereocenters. The topological polar surface area (TPSA) is 29.5 Å². The van der Waals surface area contributed by atoms with Crippen LogP contribution in [0.25, 0.3) is 0 Å². The summed E-state index contributed by atoms with van der Waals surface area (Å²) in [6.07, 6.45) is -4.72. The number of carbonyl (C=O) groups excluding carboxylic acids is 1. The molecule has 2 rings (SSSR count). The first kappa shape index (κ1) is 19.3. The highest BCUT2D eigenvalue weighted by Gasteiger charge is 2.34. The van der Waals surface area contributed by atoms with Gasteiger partial charge in [0, 0.05) is 17.0 Å². The van der Waals surface area contributed by atoms with Crippen LogP contribution in [0.15, 0.2) is 24.3 Å². The highest BCUT2D eigenvalue weighted by atomic mass is 32.2. The second-order valence-corrected chi connectivity index (χ2v) is 9.32. The standard InChI is InChI=1S/C16H20F3NO2S2/c1-15(2,3)24-8-7-20-13(21)10-23-14(20)11-5-4-6-12(9-11)22-16(17,18)19/h4-6,9,14H,7-8,10H2,1-3H3. The molecule has 1 aromatic carbocycles. The van der Waals surface area contributed by atoms with Gasteiger partial charge in [-0.25, -0.2) is 0 Å². The fraction of sp³-hybridized carbons (Fsp3) is 0.562. The molecule has 24 heavy (non-hydrogen) atoms. The Balaban J connectivity index is 2.08. The van der Waals surface area contributed by atoms with E-state index < -0.39 is 6.36 Å². The van der Waals surface area contributed by atoms with Crippen LogP contribution in [0.1, 0.15) is 31.7 Å². The number of hydrogen-bond acceptors (Lipinski definition) is 4. The molecule has 1 aliphatic rings. The van der Waals surface area contributed by atoms with E-state index in [2.05, 4.69) is 25.5 Å². The van der Waals surface area contributed by atoms with Gasteiger partial charge < -0.3 is 9.64 Å². The molecule has 1 amide bonds. The van der Waals surface area contributed by atoms with Crippen molar-refractivity contribution in [1.82, 2.24) is 4.90 Å². The van der Waals surface area contributed by atoms with Crippen LogP contribution in [0, 0.1) is 0 Å². The normalized spacial score (nSPS) is 19.0. The van der Waals surface area contributed by atoms with E-state index in [4.69, 9.17) is 0 Å². The summed E-state index contributed by atoms with van der Waals surface area (Å²) in [6, 6.07) is 5.86.